The molecule has 0 radical (unpaired) electrons. The number of carbonyl (C=O) groups is 1. The lowest BCUT2D eigenvalue weighted by molar-refractivity contribution is -0.137. The van der Waals surface area contributed by atoms with Crippen molar-refractivity contribution < 1.29 is 22.7 Å². The number of hydrogen-bond donors (Lipinski definition) is 1. The van der Waals surface area contributed by atoms with E-state index in [4.69, 9.17) is 4.74 Å². The van der Waals surface area contributed by atoms with Gasteiger partial charge in [-0.25, -0.2) is 0 Å². The topological polar surface area (TPSA) is 38.3 Å². The zero-order chi connectivity index (χ0) is 19.4. The van der Waals surface area contributed by atoms with Crippen molar-refractivity contribution >= 4 is 11.6 Å². The maximum absolute atomic E-state index is 12.6. The molecule has 1 aliphatic carbocycles. The van der Waals surface area contributed by atoms with Crippen LogP contribution in [-0.4, -0.2) is 12.0 Å². The number of carbonyl (C=O) groups excluding carboxylic acids is 1. The predicted octanol–water partition coefficient (Wildman–Crippen LogP) is 5.38. The summed E-state index contributed by atoms with van der Waals surface area (Å²) in [5.41, 5.74) is 2.14. The summed E-state index contributed by atoms with van der Waals surface area (Å²) >= 11 is 0. The standard InChI is InChI=1S/C21H22F3NO2/c1-2-19(27-18-12-7-14-5-3-4-6-15(14)13-18)20(26)25-17-10-8-16(9-11-17)21(22,23)24/h7-13,19H,2-6H2,1H3,(H,25,26). The third-order valence-corrected chi connectivity index (χ3v) is 4.74. The number of anilines is 1. The van der Waals surface area contributed by atoms with Crippen LogP contribution in [0.15, 0.2) is 42.5 Å². The van der Waals surface area contributed by atoms with Crippen LogP contribution in [0.5, 0.6) is 5.75 Å². The van der Waals surface area contributed by atoms with E-state index in [1.165, 1.54) is 29.7 Å². The Balaban J connectivity index is 1.65. The van der Waals surface area contributed by atoms with Gasteiger partial charge in [-0.1, -0.05) is 13.0 Å². The molecule has 3 nitrogen and oxygen atoms in total. The van der Waals surface area contributed by atoms with Crippen LogP contribution < -0.4 is 10.1 Å². The van der Waals surface area contributed by atoms with Gasteiger partial charge in [0.1, 0.15) is 5.75 Å². The Labute approximate surface area is 156 Å². The Bertz CT molecular complexity index is 800. The fourth-order valence-electron chi connectivity index (χ4n) is 3.23. The van der Waals surface area contributed by atoms with E-state index in [-0.39, 0.29) is 5.91 Å². The molecular weight excluding hydrogens is 355 g/mol. The van der Waals surface area contributed by atoms with Gasteiger partial charge < -0.3 is 10.1 Å². The highest BCUT2D eigenvalue weighted by atomic mass is 19.4. The highest BCUT2D eigenvalue weighted by molar-refractivity contribution is 5.94. The van der Waals surface area contributed by atoms with Gasteiger partial charge in [0.2, 0.25) is 0 Å². The fourth-order valence-corrected chi connectivity index (χ4v) is 3.23. The first-order chi connectivity index (χ1) is 12.9. The smallest absolute Gasteiger partial charge is 0.416 e. The van der Waals surface area contributed by atoms with Gasteiger partial charge in [-0.3, -0.25) is 4.79 Å². The summed E-state index contributed by atoms with van der Waals surface area (Å²) in [7, 11) is 0. The molecule has 0 heterocycles. The van der Waals surface area contributed by atoms with Crippen LogP contribution in [0.1, 0.15) is 42.9 Å². The summed E-state index contributed by atoms with van der Waals surface area (Å²) in [6.45, 7) is 1.83. The number of hydrogen-bond acceptors (Lipinski definition) is 2. The lowest BCUT2D eigenvalue weighted by Gasteiger charge is -2.20. The van der Waals surface area contributed by atoms with Gasteiger partial charge in [-0.05, 0) is 79.6 Å². The second kappa shape index (κ2) is 8.03. The SMILES string of the molecule is CCC(Oc1ccc2c(c1)CCCC2)C(=O)Nc1ccc(C(F)(F)F)cc1. The molecule has 1 unspecified atom stereocenters. The molecule has 0 aromatic heterocycles. The summed E-state index contributed by atoms with van der Waals surface area (Å²) in [6.07, 6.45) is -0.230. The molecule has 6 heteroatoms. The molecule has 0 fully saturated rings. The third kappa shape index (κ3) is 4.81. The van der Waals surface area contributed by atoms with E-state index in [0.717, 1.165) is 31.4 Å². The molecule has 2 aromatic carbocycles. The van der Waals surface area contributed by atoms with E-state index in [0.29, 0.717) is 17.9 Å². The van der Waals surface area contributed by atoms with Crippen LogP contribution in [0.2, 0.25) is 0 Å². The van der Waals surface area contributed by atoms with Crippen LogP contribution in [0.25, 0.3) is 0 Å². The second-order valence-corrected chi connectivity index (χ2v) is 6.72. The highest BCUT2D eigenvalue weighted by Gasteiger charge is 2.30. The number of ether oxygens (including phenoxy) is 1. The molecular formula is C21H22F3NO2. The van der Waals surface area contributed by atoms with Crippen molar-refractivity contribution in [1.82, 2.24) is 0 Å². The van der Waals surface area contributed by atoms with E-state index in [1.807, 2.05) is 25.1 Å². The van der Waals surface area contributed by atoms with Gasteiger partial charge >= 0.3 is 6.18 Å². The molecule has 1 amide bonds. The third-order valence-electron chi connectivity index (χ3n) is 4.74. The van der Waals surface area contributed by atoms with Crippen LogP contribution in [0.4, 0.5) is 18.9 Å². The number of amides is 1. The van der Waals surface area contributed by atoms with E-state index < -0.39 is 17.8 Å². The van der Waals surface area contributed by atoms with Crippen molar-refractivity contribution in [1.29, 1.82) is 0 Å². The van der Waals surface area contributed by atoms with Gasteiger partial charge in [0.15, 0.2) is 6.10 Å². The Morgan fingerprint density at radius 1 is 1.07 bits per heavy atom. The maximum Gasteiger partial charge on any atom is 0.416 e. The largest absolute Gasteiger partial charge is 0.481 e. The lowest BCUT2D eigenvalue weighted by atomic mass is 9.92. The number of rotatable bonds is 5. The zero-order valence-electron chi connectivity index (χ0n) is 15.1. The van der Waals surface area contributed by atoms with Crippen molar-refractivity contribution in [3.63, 3.8) is 0 Å². The van der Waals surface area contributed by atoms with Crippen LogP contribution in [-0.2, 0) is 23.8 Å². The number of halogens is 3. The molecule has 27 heavy (non-hydrogen) atoms. The van der Waals surface area contributed by atoms with Crippen LogP contribution in [0, 0.1) is 0 Å². The molecule has 0 spiro atoms. The molecule has 1 aliphatic rings. The number of aryl methyl sites for hydroxylation is 2. The summed E-state index contributed by atoms with van der Waals surface area (Å²) in [5, 5.41) is 2.62. The molecule has 1 N–H and O–H groups in total. The summed E-state index contributed by atoms with van der Waals surface area (Å²) < 4.78 is 43.7. The van der Waals surface area contributed by atoms with Gasteiger partial charge in [0, 0.05) is 5.69 Å². The maximum atomic E-state index is 12.6. The van der Waals surface area contributed by atoms with Crippen molar-refractivity contribution in [2.45, 2.75) is 51.3 Å². The Hall–Kier alpha value is -2.50. The van der Waals surface area contributed by atoms with Gasteiger partial charge in [0.05, 0.1) is 5.56 Å². The molecule has 0 saturated carbocycles. The Morgan fingerprint density at radius 3 is 2.37 bits per heavy atom. The van der Waals surface area contributed by atoms with E-state index in [9.17, 15) is 18.0 Å². The van der Waals surface area contributed by atoms with Gasteiger partial charge in [0.25, 0.3) is 5.91 Å². The number of benzene rings is 2. The first kappa shape index (κ1) is 19.3. The van der Waals surface area contributed by atoms with Crippen LogP contribution in [0.3, 0.4) is 0 Å². The molecule has 0 saturated heterocycles. The lowest BCUT2D eigenvalue weighted by Crippen LogP contribution is -2.32. The van der Waals surface area contributed by atoms with Crippen molar-refractivity contribution in [3.8, 4) is 5.75 Å². The van der Waals surface area contributed by atoms with Crippen LogP contribution >= 0.6 is 0 Å². The van der Waals surface area contributed by atoms with Crippen molar-refractivity contribution in [2.24, 2.45) is 0 Å². The van der Waals surface area contributed by atoms with Crippen molar-refractivity contribution in [2.75, 3.05) is 5.32 Å². The van der Waals surface area contributed by atoms with E-state index in [2.05, 4.69) is 5.32 Å². The molecule has 1 atom stereocenters. The average molecular weight is 377 g/mol. The first-order valence-electron chi connectivity index (χ1n) is 9.13. The summed E-state index contributed by atoms with van der Waals surface area (Å²) in [4.78, 5) is 12.5. The highest BCUT2D eigenvalue weighted by Crippen LogP contribution is 2.30. The fraction of sp³-hybridized carbons (Fsp3) is 0.381. The van der Waals surface area contributed by atoms with E-state index in [1.54, 1.807) is 0 Å². The number of alkyl halides is 3. The average Bonchev–Trinajstić information content (AvgIpc) is 2.65. The quantitative estimate of drug-likeness (QED) is 0.760. The Morgan fingerprint density at radius 2 is 1.74 bits per heavy atom. The molecule has 0 bridgehead atoms. The second-order valence-electron chi connectivity index (χ2n) is 6.72. The van der Waals surface area contributed by atoms with Gasteiger partial charge in [-0.15, -0.1) is 0 Å². The minimum atomic E-state index is -4.40. The monoisotopic (exact) mass is 377 g/mol. The molecule has 2 aromatic rings. The summed E-state index contributed by atoms with van der Waals surface area (Å²) in [6, 6.07) is 10.3. The zero-order valence-corrected chi connectivity index (χ0v) is 15.1. The van der Waals surface area contributed by atoms with E-state index >= 15 is 0 Å². The molecule has 3 rings (SSSR count). The van der Waals surface area contributed by atoms with Gasteiger partial charge in [-0.2, -0.15) is 13.2 Å². The summed E-state index contributed by atoms with van der Waals surface area (Å²) in [5.74, 6) is 0.264. The Kier molecular flexibility index (Phi) is 5.73. The predicted molar refractivity (Wildman–Crippen MR) is 97.9 cm³/mol. The molecule has 144 valence electrons. The minimum Gasteiger partial charge on any atom is -0.481 e. The molecule has 0 aliphatic heterocycles. The van der Waals surface area contributed by atoms with Crippen molar-refractivity contribution in [3.05, 3.63) is 59.2 Å². The number of nitrogens with one attached hydrogen (secondary N) is 1. The minimum absolute atomic E-state index is 0.306. The normalized spacial score (nSPS) is 15.0. The number of fused-ring (bicyclic) bond motifs is 1. The first-order valence-corrected chi connectivity index (χ1v) is 9.13.